The molecule has 2 heterocycles. The van der Waals surface area contributed by atoms with E-state index in [9.17, 15) is 18.0 Å². The van der Waals surface area contributed by atoms with Crippen LogP contribution in [0.15, 0.2) is 28.8 Å². The summed E-state index contributed by atoms with van der Waals surface area (Å²) in [6, 6.07) is 4.65. The number of carbonyl (C=O) groups is 1. The van der Waals surface area contributed by atoms with Crippen LogP contribution in [0.5, 0.6) is 0 Å². The highest BCUT2D eigenvalue weighted by molar-refractivity contribution is 5.89. The summed E-state index contributed by atoms with van der Waals surface area (Å²) in [7, 11) is 0. The van der Waals surface area contributed by atoms with Gasteiger partial charge in [0.05, 0.1) is 5.56 Å². The van der Waals surface area contributed by atoms with Gasteiger partial charge in [0.1, 0.15) is 0 Å². The molecule has 0 bridgehead atoms. The summed E-state index contributed by atoms with van der Waals surface area (Å²) < 4.78 is 42.7. The van der Waals surface area contributed by atoms with E-state index in [0.717, 1.165) is 38.1 Å². The van der Waals surface area contributed by atoms with Crippen LogP contribution in [-0.4, -0.2) is 46.6 Å². The van der Waals surface area contributed by atoms with Crippen LogP contribution in [-0.2, 0) is 6.18 Å². The van der Waals surface area contributed by atoms with Gasteiger partial charge in [0, 0.05) is 18.2 Å². The molecule has 6 nitrogen and oxygen atoms in total. The topological polar surface area (TPSA) is 71.3 Å². The standard InChI is InChI=1S/C17H19F3N4O2/c1-2-24-9-3-4-13(24)10-21-15(25)16-22-14(23-26-16)11-5-7-12(8-6-11)17(18,19)20/h5-8,13H,2-4,9-10H2,1H3,(H,21,25). The van der Waals surface area contributed by atoms with E-state index in [2.05, 4.69) is 27.3 Å². The van der Waals surface area contributed by atoms with Crippen molar-refractivity contribution in [1.82, 2.24) is 20.4 Å². The molecule has 1 unspecified atom stereocenters. The fourth-order valence-electron chi connectivity index (χ4n) is 3.07. The van der Waals surface area contributed by atoms with Crippen LogP contribution in [0.4, 0.5) is 13.2 Å². The molecule has 0 radical (unpaired) electrons. The van der Waals surface area contributed by atoms with Crippen LogP contribution in [0, 0.1) is 0 Å². The van der Waals surface area contributed by atoms with Gasteiger partial charge in [0.15, 0.2) is 0 Å². The number of halogens is 3. The van der Waals surface area contributed by atoms with Crippen molar-refractivity contribution in [3.63, 3.8) is 0 Å². The van der Waals surface area contributed by atoms with E-state index in [0.29, 0.717) is 18.2 Å². The molecule has 1 fully saturated rings. The van der Waals surface area contributed by atoms with Gasteiger partial charge in [-0.2, -0.15) is 18.2 Å². The average molecular weight is 368 g/mol. The molecule has 140 valence electrons. The monoisotopic (exact) mass is 368 g/mol. The Morgan fingerprint density at radius 3 is 2.73 bits per heavy atom. The lowest BCUT2D eigenvalue weighted by Gasteiger charge is -2.22. The second-order valence-electron chi connectivity index (χ2n) is 6.13. The number of aromatic nitrogens is 2. The van der Waals surface area contributed by atoms with E-state index in [4.69, 9.17) is 4.52 Å². The number of hydrogen-bond acceptors (Lipinski definition) is 5. The first kappa shape index (κ1) is 18.4. The Morgan fingerprint density at radius 2 is 2.08 bits per heavy atom. The third-order valence-corrected chi connectivity index (χ3v) is 4.49. The van der Waals surface area contributed by atoms with Crippen molar-refractivity contribution in [2.45, 2.75) is 32.0 Å². The van der Waals surface area contributed by atoms with Gasteiger partial charge < -0.3 is 9.84 Å². The Kier molecular flexibility index (Phi) is 5.26. The Balaban J connectivity index is 1.63. The minimum absolute atomic E-state index is 0.0694. The predicted molar refractivity (Wildman–Crippen MR) is 87.3 cm³/mol. The van der Waals surface area contributed by atoms with Crippen LogP contribution in [0.2, 0.25) is 0 Å². The summed E-state index contributed by atoms with van der Waals surface area (Å²) in [6.45, 7) is 4.52. The lowest BCUT2D eigenvalue weighted by molar-refractivity contribution is -0.137. The molecule has 1 aliphatic rings. The van der Waals surface area contributed by atoms with Gasteiger partial charge in [-0.1, -0.05) is 24.2 Å². The van der Waals surface area contributed by atoms with Crippen molar-refractivity contribution in [3.05, 3.63) is 35.7 Å². The zero-order valence-electron chi connectivity index (χ0n) is 14.2. The molecule has 1 aromatic heterocycles. The number of amides is 1. The summed E-state index contributed by atoms with van der Waals surface area (Å²) in [5.74, 6) is -0.625. The second-order valence-corrected chi connectivity index (χ2v) is 6.13. The van der Waals surface area contributed by atoms with Crippen molar-refractivity contribution in [2.75, 3.05) is 19.6 Å². The molecule has 9 heteroatoms. The van der Waals surface area contributed by atoms with Crippen LogP contribution < -0.4 is 5.32 Å². The first-order valence-electron chi connectivity index (χ1n) is 8.42. The van der Waals surface area contributed by atoms with Gasteiger partial charge >= 0.3 is 18.0 Å². The first-order valence-corrected chi connectivity index (χ1v) is 8.42. The number of alkyl halides is 3. The smallest absolute Gasteiger partial charge is 0.346 e. The zero-order chi connectivity index (χ0) is 18.7. The maximum Gasteiger partial charge on any atom is 0.416 e. The Morgan fingerprint density at radius 1 is 1.35 bits per heavy atom. The van der Waals surface area contributed by atoms with E-state index >= 15 is 0 Å². The van der Waals surface area contributed by atoms with Crippen molar-refractivity contribution in [2.24, 2.45) is 0 Å². The lowest BCUT2D eigenvalue weighted by Crippen LogP contribution is -2.40. The van der Waals surface area contributed by atoms with Gasteiger partial charge in [-0.3, -0.25) is 9.69 Å². The molecular formula is C17H19F3N4O2. The number of nitrogens with one attached hydrogen (secondary N) is 1. The van der Waals surface area contributed by atoms with Gasteiger partial charge in [-0.15, -0.1) is 0 Å². The van der Waals surface area contributed by atoms with Gasteiger partial charge in [0.25, 0.3) is 0 Å². The molecule has 1 atom stereocenters. The quantitative estimate of drug-likeness (QED) is 0.879. The SMILES string of the molecule is CCN1CCCC1CNC(=O)c1nc(-c2ccc(C(F)(F)F)cc2)no1. The molecule has 2 aromatic rings. The number of nitrogens with zero attached hydrogens (tertiary/aromatic N) is 3. The molecule has 1 N–H and O–H groups in total. The Bertz CT molecular complexity index is 758. The van der Waals surface area contributed by atoms with E-state index in [-0.39, 0.29) is 11.7 Å². The van der Waals surface area contributed by atoms with Crippen LogP contribution in [0.1, 0.15) is 36.0 Å². The lowest BCUT2D eigenvalue weighted by atomic mass is 10.1. The number of carbonyl (C=O) groups excluding carboxylic acids is 1. The van der Waals surface area contributed by atoms with Gasteiger partial charge in [-0.25, -0.2) is 0 Å². The molecule has 1 aliphatic heterocycles. The molecular weight excluding hydrogens is 349 g/mol. The van der Waals surface area contributed by atoms with Crippen LogP contribution >= 0.6 is 0 Å². The molecule has 1 saturated heterocycles. The average Bonchev–Trinajstić information content (AvgIpc) is 3.28. The number of likely N-dealkylation sites (N-methyl/N-ethyl adjacent to an activating group) is 1. The maximum absolute atomic E-state index is 12.6. The Labute approximate surface area is 148 Å². The van der Waals surface area contributed by atoms with E-state index in [1.165, 1.54) is 12.1 Å². The molecule has 1 aromatic carbocycles. The number of benzene rings is 1. The predicted octanol–water partition coefficient (Wildman–Crippen LogP) is 2.97. The first-order chi connectivity index (χ1) is 12.4. The summed E-state index contributed by atoms with van der Waals surface area (Å²) in [5.41, 5.74) is -0.423. The number of likely N-dealkylation sites (tertiary alicyclic amines) is 1. The van der Waals surface area contributed by atoms with Crippen molar-refractivity contribution < 1.29 is 22.5 Å². The van der Waals surface area contributed by atoms with E-state index < -0.39 is 17.6 Å². The fourth-order valence-corrected chi connectivity index (χ4v) is 3.07. The van der Waals surface area contributed by atoms with Crippen molar-refractivity contribution in [1.29, 1.82) is 0 Å². The van der Waals surface area contributed by atoms with Crippen LogP contribution in [0.25, 0.3) is 11.4 Å². The van der Waals surface area contributed by atoms with Crippen LogP contribution in [0.3, 0.4) is 0 Å². The summed E-state index contributed by atoms with van der Waals surface area (Å²) in [5, 5.41) is 6.45. The molecule has 26 heavy (non-hydrogen) atoms. The zero-order valence-corrected chi connectivity index (χ0v) is 14.2. The highest BCUT2D eigenvalue weighted by Crippen LogP contribution is 2.30. The highest BCUT2D eigenvalue weighted by atomic mass is 19.4. The minimum atomic E-state index is -4.41. The summed E-state index contributed by atoms with van der Waals surface area (Å²) in [4.78, 5) is 18.4. The third-order valence-electron chi connectivity index (χ3n) is 4.49. The fraction of sp³-hybridized carbons (Fsp3) is 0.471. The minimum Gasteiger partial charge on any atom is -0.346 e. The molecule has 0 aliphatic carbocycles. The molecule has 3 rings (SSSR count). The van der Waals surface area contributed by atoms with E-state index in [1.807, 2.05) is 0 Å². The third kappa shape index (κ3) is 4.04. The largest absolute Gasteiger partial charge is 0.416 e. The second kappa shape index (κ2) is 7.45. The summed E-state index contributed by atoms with van der Waals surface area (Å²) >= 11 is 0. The maximum atomic E-state index is 12.6. The van der Waals surface area contributed by atoms with E-state index in [1.54, 1.807) is 0 Å². The Hall–Kier alpha value is -2.42. The molecule has 0 saturated carbocycles. The molecule has 1 amide bonds. The molecule has 0 spiro atoms. The van der Waals surface area contributed by atoms with Crippen molar-refractivity contribution >= 4 is 5.91 Å². The number of hydrogen-bond donors (Lipinski definition) is 1. The summed E-state index contributed by atoms with van der Waals surface area (Å²) in [6.07, 6.45) is -2.28. The van der Waals surface area contributed by atoms with Gasteiger partial charge in [-0.05, 0) is 38.1 Å². The van der Waals surface area contributed by atoms with Gasteiger partial charge in [0.2, 0.25) is 5.82 Å². The highest BCUT2D eigenvalue weighted by Gasteiger charge is 2.30. The normalized spacial score (nSPS) is 18.2. The van der Waals surface area contributed by atoms with Crippen molar-refractivity contribution in [3.8, 4) is 11.4 Å². The number of rotatable bonds is 5.